The van der Waals surface area contributed by atoms with Crippen LogP contribution in [0.4, 0.5) is 18.9 Å². The molecule has 1 aliphatic heterocycles. The number of halogens is 3. The first-order valence-corrected chi connectivity index (χ1v) is 15.6. The van der Waals surface area contributed by atoms with Crippen molar-refractivity contribution in [3.63, 3.8) is 0 Å². The Kier molecular flexibility index (Phi) is 8.73. The van der Waals surface area contributed by atoms with E-state index in [0.717, 1.165) is 12.1 Å². The Morgan fingerprint density at radius 2 is 2.03 bits per heavy atom. The summed E-state index contributed by atoms with van der Waals surface area (Å²) in [5.41, 5.74) is -0.0570. The number of hydrogen-bond acceptors (Lipinski definition) is 7. The summed E-state index contributed by atoms with van der Waals surface area (Å²) in [4.78, 5) is 14.2. The molecule has 1 atom stereocenters. The van der Waals surface area contributed by atoms with Gasteiger partial charge in [0.1, 0.15) is 18.7 Å². The standard InChI is InChI=1S/C24H34F3N3O5Si/c1-6-35-23(32)20-19(22(33-2)28-30(20)15-34-11-12-36(3,4)5)21(31)17-8-7-16(13-18(17)25)29-10-9-24(26,27)14-29/h7-8,13,21,31H,6,9-12,14-15H2,1-5H3. The molecule has 200 valence electrons. The van der Waals surface area contributed by atoms with E-state index >= 15 is 4.39 Å². The number of methoxy groups -OCH3 is 1. The summed E-state index contributed by atoms with van der Waals surface area (Å²) < 4.78 is 59.8. The van der Waals surface area contributed by atoms with E-state index in [1.165, 1.54) is 28.8 Å². The Hall–Kier alpha value is -2.57. The van der Waals surface area contributed by atoms with Crippen molar-refractivity contribution in [2.45, 2.75) is 57.8 Å². The van der Waals surface area contributed by atoms with Crippen molar-refractivity contribution < 1.29 is 37.3 Å². The van der Waals surface area contributed by atoms with Crippen LogP contribution in [0.5, 0.6) is 5.88 Å². The van der Waals surface area contributed by atoms with Crippen LogP contribution in [-0.4, -0.2) is 68.3 Å². The number of aliphatic hydroxyl groups excluding tert-OH is 1. The molecule has 1 unspecified atom stereocenters. The highest BCUT2D eigenvalue weighted by Crippen LogP contribution is 2.37. The van der Waals surface area contributed by atoms with Gasteiger partial charge < -0.3 is 24.2 Å². The molecular formula is C24H34F3N3O5Si. The number of aromatic nitrogens is 2. The first-order chi connectivity index (χ1) is 16.9. The van der Waals surface area contributed by atoms with E-state index in [0.29, 0.717) is 6.61 Å². The van der Waals surface area contributed by atoms with Gasteiger partial charge in [-0.25, -0.2) is 22.6 Å². The van der Waals surface area contributed by atoms with Crippen molar-refractivity contribution in [2.24, 2.45) is 0 Å². The van der Waals surface area contributed by atoms with E-state index < -0.39 is 38.4 Å². The first kappa shape index (κ1) is 28.0. The van der Waals surface area contributed by atoms with Crippen LogP contribution < -0.4 is 9.64 Å². The summed E-state index contributed by atoms with van der Waals surface area (Å²) >= 11 is 0. The van der Waals surface area contributed by atoms with E-state index in [9.17, 15) is 18.7 Å². The third-order valence-corrected chi connectivity index (χ3v) is 7.62. The van der Waals surface area contributed by atoms with Gasteiger partial charge in [0.15, 0.2) is 5.69 Å². The summed E-state index contributed by atoms with van der Waals surface area (Å²) in [5.74, 6) is -4.50. The Balaban J connectivity index is 1.93. The Morgan fingerprint density at radius 3 is 2.58 bits per heavy atom. The zero-order chi connectivity index (χ0) is 26.7. The molecule has 1 aliphatic rings. The minimum Gasteiger partial charge on any atom is -0.480 e. The number of hydrogen-bond donors (Lipinski definition) is 1. The molecule has 0 spiro atoms. The van der Waals surface area contributed by atoms with Crippen molar-refractivity contribution >= 4 is 19.7 Å². The Morgan fingerprint density at radius 1 is 1.31 bits per heavy atom. The number of alkyl halides is 2. The van der Waals surface area contributed by atoms with Crippen molar-refractivity contribution in [3.05, 3.63) is 40.8 Å². The van der Waals surface area contributed by atoms with E-state index in [1.54, 1.807) is 6.92 Å². The second-order valence-electron chi connectivity index (χ2n) is 9.98. The van der Waals surface area contributed by atoms with Crippen molar-refractivity contribution in [1.82, 2.24) is 9.78 Å². The molecule has 12 heteroatoms. The molecule has 0 aliphatic carbocycles. The molecule has 2 aromatic rings. The highest BCUT2D eigenvalue weighted by molar-refractivity contribution is 6.76. The first-order valence-electron chi connectivity index (χ1n) is 11.9. The smallest absolute Gasteiger partial charge is 0.357 e. The molecular weight excluding hydrogens is 495 g/mol. The number of esters is 1. The molecule has 0 bridgehead atoms. The SMILES string of the molecule is CCOC(=O)c1c(C(O)c2ccc(N3CCC(F)(F)C3)cc2F)c(OC)nn1COCC[Si](C)(C)C. The van der Waals surface area contributed by atoms with Gasteiger partial charge in [0, 0.05) is 38.9 Å². The number of benzene rings is 1. The number of carbonyl (C=O) groups excluding carboxylic acids is 1. The van der Waals surface area contributed by atoms with Gasteiger partial charge in [-0.3, -0.25) is 0 Å². The van der Waals surface area contributed by atoms with Crippen LogP contribution in [0.1, 0.15) is 41.1 Å². The van der Waals surface area contributed by atoms with Crippen LogP contribution >= 0.6 is 0 Å². The van der Waals surface area contributed by atoms with Crippen LogP contribution in [0.15, 0.2) is 18.2 Å². The molecule has 0 amide bonds. The monoisotopic (exact) mass is 529 g/mol. The lowest BCUT2D eigenvalue weighted by Gasteiger charge is -2.20. The number of carbonyl (C=O) groups is 1. The minimum absolute atomic E-state index is 0.0656. The van der Waals surface area contributed by atoms with E-state index in [1.807, 2.05) is 0 Å². The predicted octanol–water partition coefficient (Wildman–Crippen LogP) is 4.45. The van der Waals surface area contributed by atoms with Crippen molar-refractivity contribution in [1.29, 1.82) is 0 Å². The lowest BCUT2D eigenvalue weighted by atomic mass is 10.00. The van der Waals surface area contributed by atoms with Gasteiger partial charge in [-0.15, -0.1) is 5.10 Å². The maximum atomic E-state index is 15.1. The van der Waals surface area contributed by atoms with Gasteiger partial charge >= 0.3 is 5.97 Å². The molecule has 1 aromatic carbocycles. The van der Waals surface area contributed by atoms with E-state index in [-0.39, 0.29) is 54.7 Å². The fraction of sp³-hybridized carbons (Fsp3) is 0.583. The Bertz CT molecular complexity index is 1070. The van der Waals surface area contributed by atoms with Crippen LogP contribution in [0.2, 0.25) is 25.7 Å². The number of nitrogens with zero attached hydrogens (tertiary/aromatic N) is 3. The normalized spacial score (nSPS) is 16.3. The highest BCUT2D eigenvalue weighted by atomic mass is 28.3. The second kappa shape index (κ2) is 11.2. The number of aliphatic hydroxyl groups is 1. The highest BCUT2D eigenvalue weighted by Gasteiger charge is 2.39. The van der Waals surface area contributed by atoms with E-state index in [2.05, 4.69) is 24.7 Å². The van der Waals surface area contributed by atoms with Gasteiger partial charge in [-0.2, -0.15) is 0 Å². The fourth-order valence-electron chi connectivity index (χ4n) is 3.93. The lowest BCUT2D eigenvalue weighted by molar-refractivity contribution is 0.0257. The van der Waals surface area contributed by atoms with Crippen LogP contribution in [0.25, 0.3) is 0 Å². The largest absolute Gasteiger partial charge is 0.480 e. The quantitative estimate of drug-likeness (QED) is 0.262. The van der Waals surface area contributed by atoms with Gasteiger partial charge in [-0.1, -0.05) is 25.7 Å². The molecule has 3 rings (SSSR count). The van der Waals surface area contributed by atoms with Crippen LogP contribution in [-0.2, 0) is 16.2 Å². The molecule has 1 aromatic heterocycles. The zero-order valence-corrected chi connectivity index (χ0v) is 22.3. The van der Waals surface area contributed by atoms with E-state index in [4.69, 9.17) is 14.2 Å². The van der Waals surface area contributed by atoms with Gasteiger partial charge in [0.2, 0.25) is 5.88 Å². The summed E-state index contributed by atoms with van der Waals surface area (Å²) in [6.45, 7) is 8.30. The number of rotatable bonds is 11. The molecule has 1 N–H and O–H groups in total. The molecule has 1 saturated heterocycles. The topological polar surface area (TPSA) is 86.0 Å². The van der Waals surface area contributed by atoms with Gasteiger partial charge in [-0.05, 0) is 25.1 Å². The Labute approximate surface area is 209 Å². The average Bonchev–Trinajstić information content (AvgIpc) is 3.35. The number of ether oxygens (including phenoxy) is 3. The van der Waals surface area contributed by atoms with Crippen LogP contribution in [0, 0.1) is 5.82 Å². The fourth-order valence-corrected chi connectivity index (χ4v) is 4.69. The lowest BCUT2D eigenvalue weighted by Crippen LogP contribution is -2.25. The van der Waals surface area contributed by atoms with Crippen molar-refractivity contribution in [3.8, 4) is 5.88 Å². The molecule has 8 nitrogen and oxygen atoms in total. The molecule has 36 heavy (non-hydrogen) atoms. The molecule has 1 fully saturated rings. The summed E-state index contributed by atoms with van der Waals surface area (Å²) in [6, 6.07) is 4.77. The molecule has 0 radical (unpaired) electrons. The predicted molar refractivity (Wildman–Crippen MR) is 131 cm³/mol. The third-order valence-electron chi connectivity index (χ3n) is 5.91. The molecule has 2 heterocycles. The van der Waals surface area contributed by atoms with Crippen molar-refractivity contribution in [2.75, 3.05) is 38.3 Å². The number of anilines is 1. The van der Waals surface area contributed by atoms with Gasteiger partial charge in [0.05, 0.1) is 25.8 Å². The van der Waals surface area contributed by atoms with Gasteiger partial charge in [0.25, 0.3) is 5.92 Å². The zero-order valence-electron chi connectivity index (χ0n) is 21.3. The molecule has 0 saturated carbocycles. The summed E-state index contributed by atoms with van der Waals surface area (Å²) in [6.07, 6.45) is -1.94. The summed E-state index contributed by atoms with van der Waals surface area (Å²) in [7, 11) is -0.0284. The van der Waals surface area contributed by atoms with Crippen LogP contribution in [0.3, 0.4) is 0 Å². The maximum Gasteiger partial charge on any atom is 0.357 e. The summed E-state index contributed by atoms with van der Waals surface area (Å²) in [5, 5.41) is 15.4. The maximum absolute atomic E-state index is 15.1. The second-order valence-corrected chi connectivity index (χ2v) is 15.6. The average molecular weight is 530 g/mol. The minimum atomic E-state index is -2.83. The third kappa shape index (κ3) is 6.59.